The zero-order valence-corrected chi connectivity index (χ0v) is 31.2. The number of rotatable bonds is 5. The van der Waals surface area contributed by atoms with Crippen LogP contribution in [0.3, 0.4) is 0 Å². The Labute approximate surface area is 293 Å². The number of Topliss-reactive ketones (excluding diaryl/α,β-unsaturated/α-hetero) is 2. The van der Waals surface area contributed by atoms with E-state index in [4.69, 9.17) is 8.37 Å². The molecule has 0 heterocycles. The average molecular weight is 693 g/mol. The maximum Gasteiger partial charge on any atom is 0.449 e. The summed E-state index contributed by atoms with van der Waals surface area (Å²) >= 11 is 0. The number of ketones is 3. The van der Waals surface area contributed by atoms with Gasteiger partial charge in [0.25, 0.3) is 0 Å². The largest absolute Gasteiger partial charge is 0.449 e. The molecule has 0 aromatic carbocycles. The van der Waals surface area contributed by atoms with Crippen molar-refractivity contribution in [1.29, 1.82) is 0 Å². The Kier molecular flexibility index (Phi) is 7.80. The molecule has 0 aromatic rings. The molecule has 13 atom stereocenters. The fourth-order valence-electron chi connectivity index (χ4n) is 14.3. The zero-order valence-electron chi connectivity index (χ0n) is 30.4. The molecule has 0 radical (unpaired) electrons. The van der Waals surface area contributed by atoms with E-state index in [1.807, 2.05) is 0 Å². The summed E-state index contributed by atoms with van der Waals surface area (Å²) in [6, 6.07) is 0. The van der Waals surface area contributed by atoms with Crippen molar-refractivity contribution >= 4 is 27.7 Å². The van der Waals surface area contributed by atoms with E-state index < -0.39 is 27.7 Å². The van der Waals surface area contributed by atoms with Gasteiger partial charge in [-0.25, -0.2) is 4.18 Å². The summed E-state index contributed by atoms with van der Waals surface area (Å²) in [7, 11) is -4.48. The summed E-state index contributed by atoms with van der Waals surface area (Å²) in [6.07, 6.45) is 16.7. The number of carbonyl (C=O) groups is 3. The van der Waals surface area contributed by atoms with Crippen molar-refractivity contribution in [2.75, 3.05) is 0 Å². The van der Waals surface area contributed by atoms with Crippen LogP contribution in [0.4, 0.5) is 0 Å². The SMILES string of the molecule is CC(=O)[C@H]1C(C)C[C@H]2[C@@H]3CCC4=CC(=O)C(OS(=O)(=O)O[C@H]5CC[C@@]6(C)C(=CCC7C6CC[C@]6(C)C(=O)CCC76)C5)=C[C@]4(C)[C@H]3CC[C@]12C. The number of carbonyl (C=O) groups excluding carboxylic acids is 3. The van der Waals surface area contributed by atoms with E-state index in [9.17, 15) is 22.8 Å². The van der Waals surface area contributed by atoms with Crippen LogP contribution in [0.25, 0.3) is 0 Å². The first-order valence-corrected chi connectivity index (χ1v) is 20.7. The predicted molar refractivity (Wildman–Crippen MR) is 186 cm³/mol. The minimum absolute atomic E-state index is 0.00679. The highest BCUT2D eigenvalue weighted by Gasteiger charge is 2.62. The maximum absolute atomic E-state index is 13.5. The number of hydrogen-bond acceptors (Lipinski definition) is 7. The van der Waals surface area contributed by atoms with Crippen molar-refractivity contribution in [3.63, 3.8) is 0 Å². The molecular formula is C41H56O7S. The summed E-state index contributed by atoms with van der Waals surface area (Å²) in [5.74, 6) is 3.24. The second-order valence-corrected chi connectivity index (χ2v) is 19.9. The monoisotopic (exact) mass is 692 g/mol. The lowest BCUT2D eigenvalue weighted by atomic mass is 9.47. The number of hydrogen-bond donors (Lipinski definition) is 0. The lowest BCUT2D eigenvalue weighted by Crippen LogP contribution is -2.50. The van der Waals surface area contributed by atoms with E-state index >= 15 is 0 Å². The van der Waals surface area contributed by atoms with Gasteiger partial charge in [0.1, 0.15) is 11.6 Å². The second-order valence-electron chi connectivity index (χ2n) is 18.7. The van der Waals surface area contributed by atoms with Gasteiger partial charge < -0.3 is 4.18 Å². The molecule has 49 heavy (non-hydrogen) atoms. The zero-order chi connectivity index (χ0) is 34.9. The van der Waals surface area contributed by atoms with Gasteiger partial charge in [-0.1, -0.05) is 51.8 Å². The van der Waals surface area contributed by atoms with Crippen molar-refractivity contribution in [2.24, 2.45) is 69.0 Å². The van der Waals surface area contributed by atoms with Gasteiger partial charge in [-0.15, -0.1) is 0 Å². The fraction of sp³-hybridized carbons (Fsp3) is 0.780. The van der Waals surface area contributed by atoms with Crippen LogP contribution in [-0.4, -0.2) is 31.9 Å². The molecule has 0 N–H and O–H groups in total. The van der Waals surface area contributed by atoms with Gasteiger partial charge in [0, 0.05) is 23.2 Å². The molecule has 268 valence electrons. The van der Waals surface area contributed by atoms with Crippen LogP contribution in [-0.2, 0) is 33.1 Å². The average Bonchev–Trinajstić information content (AvgIpc) is 3.48. The minimum atomic E-state index is -4.48. The highest BCUT2D eigenvalue weighted by Crippen LogP contribution is 2.68. The molecular weight excluding hydrogens is 637 g/mol. The van der Waals surface area contributed by atoms with Gasteiger partial charge in [0.05, 0.1) is 6.10 Å². The topological polar surface area (TPSA) is 104 Å². The Morgan fingerprint density at radius 2 is 1.55 bits per heavy atom. The third kappa shape index (κ3) is 4.94. The summed E-state index contributed by atoms with van der Waals surface area (Å²) in [5.41, 5.74) is 1.70. The third-order valence-corrected chi connectivity index (χ3v) is 17.5. The van der Waals surface area contributed by atoms with E-state index in [1.54, 1.807) is 19.1 Å². The number of allylic oxidation sites excluding steroid dienone is 4. The fourth-order valence-corrected chi connectivity index (χ4v) is 15.2. The van der Waals surface area contributed by atoms with Gasteiger partial charge in [0.2, 0.25) is 5.78 Å². The van der Waals surface area contributed by atoms with Crippen molar-refractivity contribution in [3.05, 3.63) is 35.1 Å². The van der Waals surface area contributed by atoms with Gasteiger partial charge in [0.15, 0.2) is 5.76 Å². The van der Waals surface area contributed by atoms with Gasteiger partial charge in [-0.3, -0.25) is 14.4 Å². The highest BCUT2D eigenvalue weighted by molar-refractivity contribution is 7.82. The van der Waals surface area contributed by atoms with Crippen LogP contribution in [0.1, 0.15) is 125 Å². The normalized spacial score (nSPS) is 48.9. The van der Waals surface area contributed by atoms with Crippen LogP contribution >= 0.6 is 0 Å². The molecule has 0 saturated heterocycles. The smallest absolute Gasteiger partial charge is 0.358 e. The molecule has 6 fully saturated rings. The van der Waals surface area contributed by atoms with Gasteiger partial charge in [-0.05, 0) is 148 Å². The number of fused-ring (bicyclic) bond motifs is 10. The lowest BCUT2D eigenvalue weighted by molar-refractivity contribution is -0.132. The maximum atomic E-state index is 13.5. The molecule has 0 aromatic heterocycles. The van der Waals surface area contributed by atoms with Gasteiger partial charge in [-0.2, -0.15) is 8.42 Å². The molecule has 0 aliphatic heterocycles. The van der Waals surface area contributed by atoms with Crippen molar-refractivity contribution < 1.29 is 31.2 Å². The summed E-state index contributed by atoms with van der Waals surface area (Å²) in [5, 5.41) is 0. The first-order chi connectivity index (χ1) is 23.0. The van der Waals surface area contributed by atoms with Crippen LogP contribution in [0.15, 0.2) is 35.1 Å². The Bertz CT molecular complexity index is 1690. The molecule has 0 amide bonds. The summed E-state index contributed by atoms with van der Waals surface area (Å²) < 4.78 is 38.4. The van der Waals surface area contributed by atoms with Gasteiger partial charge >= 0.3 is 10.4 Å². The van der Waals surface area contributed by atoms with Crippen molar-refractivity contribution in [2.45, 2.75) is 131 Å². The van der Waals surface area contributed by atoms with Crippen LogP contribution in [0.5, 0.6) is 0 Å². The molecule has 4 unspecified atom stereocenters. The predicted octanol–water partition coefficient (Wildman–Crippen LogP) is 8.25. The molecule has 8 aliphatic carbocycles. The first-order valence-electron chi connectivity index (χ1n) is 19.3. The molecule has 0 bridgehead atoms. The van der Waals surface area contributed by atoms with E-state index in [0.29, 0.717) is 66.3 Å². The Balaban J connectivity index is 0.975. The molecule has 8 rings (SSSR count). The van der Waals surface area contributed by atoms with E-state index in [-0.39, 0.29) is 33.8 Å². The quantitative estimate of drug-likeness (QED) is 0.267. The molecule has 0 spiro atoms. The van der Waals surface area contributed by atoms with E-state index in [1.165, 1.54) is 5.57 Å². The van der Waals surface area contributed by atoms with E-state index in [2.05, 4.69) is 40.7 Å². The van der Waals surface area contributed by atoms with Crippen LogP contribution < -0.4 is 0 Å². The van der Waals surface area contributed by atoms with E-state index in [0.717, 1.165) is 69.8 Å². The minimum Gasteiger partial charge on any atom is -0.358 e. The van der Waals surface area contributed by atoms with Crippen molar-refractivity contribution in [3.8, 4) is 0 Å². The standard InChI is InChI=1S/C41H56O7S/c1-23-19-33-29-10-8-26-21-34(43)35(22-41(26,6)32(29)15-18-40(33,5)37(23)24(2)42)48-49(45,46)47-27-13-16-38(3)25(20-27)7-9-28-30-11-12-36(44)39(30,4)17-14-31(28)38/h7,21-23,27-33,37H,8-20H2,1-6H3/t23?,27-,28?,29+,30?,31?,32-,33-,37+,38-,39-,40-,41-/m0/s1. The molecule has 7 nitrogen and oxygen atoms in total. The first kappa shape index (κ1) is 34.0. The second kappa shape index (κ2) is 11.2. The van der Waals surface area contributed by atoms with Crippen LogP contribution in [0, 0.1) is 69.0 Å². The Hall–Kier alpha value is -2.06. The Morgan fingerprint density at radius 3 is 2.31 bits per heavy atom. The molecule has 6 saturated carbocycles. The molecule has 8 heteroatoms. The third-order valence-electron chi connectivity index (χ3n) is 16.6. The Morgan fingerprint density at radius 1 is 0.837 bits per heavy atom. The lowest BCUT2D eigenvalue weighted by Gasteiger charge is -2.57. The molecule has 8 aliphatic rings. The highest BCUT2D eigenvalue weighted by atomic mass is 32.3. The van der Waals surface area contributed by atoms with Crippen LogP contribution in [0.2, 0.25) is 0 Å². The summed E-state index contributed by atoms with van der Waals surface area (Å²) in [6.45, 7) is 13.0. The van der Waals surface area contributed by atoms with Crippen molar-refractivity contribution in [1.82, 2.24) is 0 Å². The summed E-state index contributed by atoms with van der Waals surface area (Å²) in [4.78, 5) is 38.9.